The molecule has 1 aliphatic rings. The molecule has 1 heterocycles. The van der Waals surface area contributed by atoms with E-state index in [0.29, 0.717) is 4.47 Å². The summed E-state index contributed by atoms with van der Waals surface area (Å²) in [5, 5.41) is 11.2. The van der Waals surface area contributed by atoms with E-state index in [1.807, 2.05) is 0 Å². The molecule has 1 aliphatic heterocycles. The summed E-state index contributed by atoms with van der Waals surface area (Å²) in [6.07, 6.45) is -0.0593. The number of ether oxygens (including phenoxy) is 1. The van der Waals surface area contributed by atoms with Gasteiger partial charge in [0.2, 0.25) is 5.91 Å². The number of hydrogen-bond acceptors (Lipinski definition) is 5. The van der Waals surface area contributed by atoms with E-state index in [9.17, 15) is 19.7 Å². The van der Waals surface area contributed by atoms with E-state index >= 15 is 0 Å². The minimum Gasteiger partial charge on any atom is -0.469 e. The number of halogens is 2. The molecule has 0 spiro atoms. The SMILES string of the molecule is COC(=O)C1CC(=O)N(c2c(Cl)cc(Br)cc2[N+](=O)[O-])C1. The van der Waals surface area contributed by atoms with Crippen molar-refractivity contribution in [3.63, 3.8) is 0 Å². The van der Waals surface area contributed by atoms with Crippen LogP contribution >= 0.6 is 27.5 Å². The molecule has 1 saturated heterocycles. The van der Waals surface area contributed by atoms with Gasteiger partial charge in [0.1, 0.15) is 5.69 Å². The third-order valence-electron chi connectivity index (χ3n) is 3.13. The number of benzene rings is 1. The number of rotatable bonds is 3. The molecule has 1 atom stereocenters. The predicted molar refractivity (Wildman–Crippen MR) is 78.3 cm³/mol. The van der Waals surface area contributed by atoms with Crippen molar-refractivity contribution in [3.8, 4) is 0 Å². The average Bonchev–Trinajstić information content (AvgIpc) is 2.78. The molecule has 1 fully saturated rings. The van der Waals surface area contributed by atoms with E-state index in [1.165, 1.54) is 19.2 Å². The molecule has 0 aromatic heterocycles. The molecule has 1 aromatic rings. The smallest absolute Gasteiger partial charge is 0.311 e. The zero-order valence-corrected chi connectivity index (χ0v) is 13.2. The summed E-state index contributed by atoms with van der Waals surface area (Å²) in [4.78, 5) is 35.3. The van der Waals surface area contributed by atoms with Crippen molar-refractivity contribution in [1.29, 1.82) is 0 Å². The van der Waals surface area contributed by atoms with Gasteiger partial charge in [-0.15, -0.1) is 0 Å². The first-order valence-corrected chi connectivity index (χ1v) is 7.04. The normalized spacial score (nSPS) is 18.0. The lowest BCUT2D eigenvalue weighted by molar-refractivity contribution is -0.384. The van der Waals surface area contributed by atoms with E-state index in [1.54, 1.807) is 0 Å². The summed E-state index contributed by atoms with van der Waals surface area (Å²) in [5.41, 5.74) is -0.297. The molecule has 0 aliphatic carbocycles. The minimum absolute atomic E-state index is 0.00118. The van der Waals surface area contributed by atoms with E-state index in [-0.39, 0.29) is 29.4 Å². The van der Waals surface area contributed by atoms with Crippen molar-refractivity contribution >= 4 is 50.8 Å². The van der Waals surface area contributed by atoms with E-state index in [4.69, 9.17) is 11.6 Å². The van der Waals surface area contributed by atoms with Crippen LogP contribution in [0.1, 0.15) is 6.42 Å². The maximum Gasteiger partial charge on any atom is 0.311 e. The Balaban J connectivity index is 2.45. The molecule has 112 valence electrons. The quantitative estimate of drug-likeness (QED) is 0.459. The zero-order valence-electron chi connectivity index (χ0n) is 10.8. The minimum atomic E-state index is -0.651. The van der Waals surface area contributed by atoms with Crippen LogP contribution in [0.25, 0.3) is 0 Å². The van der Waals surface area contributed by atoms with Crippen molar-refractivity contribution in [2.45, 2.75) is 6.42 Å². The number of carbonyl (C=O) groups excluding carboxylic acids is 2. The number of esters is 1. The molecule has 0 bridgehead atoms. The predicted octanol–water partition coefficient (Wildman–Crippen LogP) is 2.54. The molecule has 21 heavy (non-hydrogen) atoms. The van der Waals surface area contributed by atoms with Crippen molar-refractivity contribution in [2.24, 2.45) is 5.92 Å². The van der Waals surface area contributed by atoms with Crippen LogP contribution in [0, 0.1) is 16.0 Å². The number of carbonyl (C=O) groups is 2. The van der Waals surface area contributed by atoms with Crippen molar-refractivity contribution in [3.05, 3.63) is 31.7 Å². The number of nitrogens with zero attached hydrogens (tertiary/aromatic N) is 2. The number of nitro benzene ring substituents is 1. The molecule has 0 radical (unpaired) electrons. The van der Waals surface area contributed by atoms with E-state index in [0.717, 1.165) is 4.90 Å². The van der Waals surface area contributed by atoms with Gasteiger partial charge in [-0.05, 0) is 6.07 Å². The first kappa shape index (κ1) is 15.7. The fourth-order valence-electron chi connectivity index (χ4n) is 2.21. The fraction of sp³-hybridized carbons (Fsp3) is 0.333. The highest BCUT2D eigenvalue weighted by molar-refractivity contribution is 9.10. The van der Waals surface area contributed by atoms with Crippen LogP contribution in [0.15, 0.2) is 16.6 Å². The topological polar surface area (TPSA) is 89.8 Å². The van der Waals surface area contributed by atoms with E-state index < -0.39 is 22.7 Å². The molecule has 7 nitrogen and oxygen atoms in total. The Morgan fingerprint density at radius 2 is 2.24 bits per heavy atom. The van der Waals surface area contributed by atoms with Gasteiger partial charge in [-0.2, -0.15) is 0 Å². The number of amides is 1. The largest absolute Gasteiger partial charge is 0.469 e. The van der Waals surface area contributed by atoms with Crippen LogP contribution in [-0.4, -0.2) is 30.5 Å². The van der Waals surface area contributed by atoms with Gasteiger partial charge in [-0.3, -0.25) is 19.7 Å². The Morgan fingerprint density at radius 1 is 1.57 bits per heavy atom. The molecule has 0 saturated carbocycles. The molecule has 9 heteroatoms. The highest BCUT2D eigenvalue weighted by Gasteiger charge is 2.39. The van der Waals surface area contributed by atoms with Crippen molar-refractivity contribution in [2.75, 3.05) is 18.6 Å². The summed E-state index contributed by atoms with van der Waals surface area (Å²) >= 11 is 9.16. The second kappa shape index (κ2) is 5.98. The monoisotopic (exact) mass is 376 g/mol. The van der Waals surface area contributed by atoms with Crippen molar-refractivity contribution < 1.29 is 19.2 Å². The fourth-order valence-corrected chi connectivity index (χ4v) is 3.10. The first-order chi connectivity index (χ1) is 9.85. The summed E-state index contributed by atoms with van der Waals surface area (Å²) in [5.74, 6) is -1.58. The van der Waals surface area contributed by atoms with Crippen LogP contribution in [0.2, 0.25) is 5.02 Å². The maximum atomic E-state index is 12.0. The Bertz CT molecular complexity index is 636. The maximum absolute atomic E-state index is 12.0. The van der Waals surface area contributed by atoms with Crippen LogP contribution in [0.5, 0.6) is 0 Å². The molecular weight excluding hydrogens is 367 g/mol. The zero-order chi connectivity index (χ0) is 15.7. The van der Waals surface area contributed by atoms with Crippen LogP contribution < -0.4 is 4.90 Å². The second-order valence-electron chi connectivity index (χ2n) is 4.44. The lowest BCUT2D eigenvalue weighted by Crippen LogP contribution is -2.27. The second-order valence-corrected chi connectivity index (χ2v) is 5.76. The van der Waals surface area contributed by atoms with Gasteiger partial charge in [-0.25, -0.2) is 0 Å². The van der Waals surface area contributed by atoms with Gasteiger partial charge in [0.25, 0.3) is 5.69 Å². The van der Waals surface area contributed by atoms with Crippen LogP contribution in [0.3, 0.4) is 0 Å². The third-order valence-corrected chi connectivity index (χ3v) is 3.88. The Morgan fingerprint density at radius 3 is 2.81 bits per heavy atom. The molecule has 1 amide bonds. The standard InChI is InChI=1S/C12H10BrClN2O5/c1-21-12(18)6-2-10(17)15(5-6)11-8(14)3-7(13)4-9(11)16(19)20/h3-4,6H,2,5H2,1H3. The van der Waals surface area contributed by atoms with Gasteiger partial charge >= 0.3 is 5.97 Å². The number of methoxy groups -OCH3 is 1. The van der Waals surface area contributed by atoms with Gasteiger partial charge in [-0.1, -0.05) is 27.5 Å². The highest BCUT2D eigenvalue weighted by Crippen LogP contribution is 2.41. The Hall–Kier alpha value is -1.67. The van der Waals surface area contributed by atoms with Gasteiger partial charge < -0.3 is 9.64 Å². The number of nitro groups is 1. The lowest BCUT2D eigenvalue weighted by Gasteiger charge is -2.18. The van der Waals surface area contributed by atoms with E-state index in [2.05, 4.69) is 20.7 Å². The van der Waals surface area contributed by atoms with Gasteiger partial charge in [0, 0.05) is 23.5 Å². The van der Waals surface area contributed by atoms with Crippen molar-refractivity contribution in [1.82, 2.24) is 0 Å². The Labute approximate surface area is 133 Å². The molecule has 0 N–H and O–H groups in total. The summed E-state index contributed by atoms with van der Waals surface area (Å²) < 4.78 is 5.03. The molecule has 2 rings (SSSR count). The summed E-state index contributed by atoms with van der Waals surface area (Å²) in [6, 6.07) is 2.72. The third kappa shape index (κ3) is 3.01. The molecular formula is C12H10BrClN2O5. The van der Waals surface area contributed by atoms with Gasteiger partial charge in [0.05, 0.1) is 23.0 Å². The summed E-state index contributed by atoms with van der Waals surface area (Å²) in [7, 11) is 1.23. The number of hydrogen-bond donors (Lipinski definition) is 0. The van der Waals surface area contributed by atoms with Crippen LogP contribution in [0.4, 0.5) is 11.4 Å². The lowest BCUT2D eigenvalue weighted by atomic mass is 10.1. The average molecular weight is 378 g/mol. The molecule has 1 unspecified atom stereocenters. The van der Waals surface area contributed by atoms with Crippen LogP contribution in [-0.2, 0) is 14.3 Å². The number of anilines is 1. The van der Waals surface area contributed by atoms with Gasteiger partial charge in [0.15, 0.2) is 0 Å². The first-order valence-electron chi connectivity index (χ1n) is 5.86. The summed E-state index contributed by atoms with van der Waals surface area (Å²) in [6.45, 7) is 0.00764. The Kier molecular flexibility index (Phi) is 4.48. The molecule has 1 aromatic carbocycles. The highest BCUT2D eigenvalue weighted by atomic mass is 79.9.